The summed E-state index contributed by atoms with van der Waals surface area (Å²) in [6.45, 7) is 0. The van der Waals surface area contributed by atoms with Crippen molar-refractivity contribution in [3.8, 4) is 17.0 Å². The Morgan fingerprint density at radius 1 is 0.923 bits per heavy atom. The van der Waals surface area contributed by atoms with E-state index in [0.717, 1.165) is 16.6 Å². The molecular formula is C21H15FN2O2. The van der Waals surface area contributed by atoms with Gasteiger partial charge in [0.05, 0.1) is 11.2 Å². The molecule has 1 aromatic heterocycles. The number of amides is 1. The fourth-order valence-corrected chi connectivity index (χ4v) is 2.86. The zero-order chi connectivity index (χ0) is 18.1. The Balaban J connectivity index is 1.95. The molecule has 0 aliphatic heterocycles. The number of nitrogens with zero attached hydrogens (tertiary/aromatic N) is 1. The number of nitrogens with two attached hydrogens (primary N) is 1. The van der Waals surface area contributed by atoms with Gasteiger partial charge in [-0.05, 0) is 30.3 Å². The topological polar surface area (TPSA) is 57.2 Å². The lowest BCUT2D eigenvalue weighted by Crippen LogP contribution is -2.12. The molecule has 0 unspecified atom stereocenters. The van der Waals surface area contributed by atoms with Crippen molar-refractivity contribution in [3.05, 3.63) is 90.2 Å². The van der Waals surface area contributed by atoms with Crippen LogP contribution < -0.4 is 10.6 Å². The first-order chi connectivity index (χ1) is 12.6. The molecule has 128 valence electrons. The molecule has 0 aliphatic rings. The van der Waals surface area contributed by atoms with Crippen molar-refractivity contribution >= 4 is 16.8 Å². The minimum atomic E-state index is -0.535. The van der Waals surface area contributed by atoms with E-state index in [2.05, 4.69) is 0 Å². The van der Waals surface area contributed by atoms with E-state index in [1.165, 1.54) is 10.8 Å². The van der Waals surface area contributed by atoms with Crippen LogP contribution in [0.15, 0.2) is 78.9 Å². The van der Waals surface area contributed by atoms with Gasteiger partial charge in [-0.3, -0.25) is 4.79 Å². The van der Waals surface area contributed by atoms with Gasteiger partial charge >= 0.3 is 0 Å². The van der Waals surface area contributed by atoms with E-state index in [4.69, 9.17) is 10.6 Å². The molecular weight excluding hydrogens is 331 g/mol. The Morgan fingerprint density at radius 2 is 1.65 bits per heavy atom. The summed E-state index contributed by atoms with van der Waals surface area (Å²) < 4.78 is 15.6. The van der Waals surface area contributed by atoms with Gasteiger partial charge in [-0.15, -0.1) is 0 Å². The molecule has 0 radical (unpaired) electrons. The van der Waals surface area contributed by atoms with Crippen molar-refractivity contribution in [2.75, 3.05) is 0 Å². The molecule has 26 heavy (non-hydrogen) atoms. The molecule has 0 spiro atoms. The molecule has 1 amide bonds. The van der Waals surface area contributed by atoms with Crippen LogP contribution in [0.25, 0.3) is 22.2 Å². The number of benzene rings is 3. The van der Waals surface area contributed by atoms with Gasteiger partial charge in [-0.25, -0.2) is 4.39 Å². The zero-order valence-corrected chi connectivity index (χ0v) is 13.7. The molecule has 0 aliphatic carbocycles. The number of rotatable bonds is 4. The molecule has 0 saturated carbocycles. The normalized spacial score (nSPS) is 10.8. The monoisotopic (exact) mass is 346 g/mol. The van der Waals surface area contributed by atoms with E-state index in [1.54, 1.807) is 36.4 Å². The summed E-state index contributed by atoms with van der Waals surface area (Å²) in [6.07, 6.45) is 0. The minimum Gasteiger partial charge on any atom is -0.372 e. The van der Waals surface area contributed by atoms with Gasteiger partial charge in [0.2, 0.25) is 5.91 Å². The van der Waals surface area contributed by atoms with Gasteiger partial charge < -0.3 is 10.6 Å². The van der Waals surface area contributed by atoms with E-state index in [0.29, 0.717) is 11.1 Å². The lowest BCUT2D eigenvalue weighted by Gasteiger charge is -2.13. The maximum absolute atomic E-state index is 14.1. The second-order valence-corrected chi connectivity index (χ2v) is 5.85. The quantitative estimate of drug-likeness (QED) is 0.596. The summed E-state index contributed by atoms with van der Waals surface area (Å²) in [6, 6.07) is 22.8. The fraction of sp³-hybridized carbons (Fsp3) is 0. The van der Waals surface area contributed by atoms with Crippen LogP contribution in [0, 0.1) is 5.82 Å². The largest absolute Gasteiger partial charge is 0.372 e. The molecule has 4 aromatic rings. The highest BCUT2D eigenvalue weighted by atomic mass is 19.1. The molecule has 0 atom stereocenters. The molecule has 0 fully saturated rings. The molecule has 2 N–H and O–H groups in total. The third kappa shape index (κ3) is 2.80. The lowest BCUT2D eigenvalue weighted by molar-refractivity contribution is 0.100. The van der Waals surface area contributed by atoms with E-state index in [1.807, 2.05) is 36.4 Å². The van der Waals surface area contributed by atoms with Crippen LogP contribution in [-0.4, -0.2) is 10.6 Å². The minimum absolute atomic E-state index is 0.0895. The second-order valence-electron chi connectivity index (χ2n) is 5.85. The van der Waals surface area contributed by atoms with Crippen LogP contribution in [-0.2, 0) is 0 Å². The molecule has 0 saturated heterocycles. The first-order valence-corrected chi connectivity index (χ1v) is 8.07. The van der Waals surface area contributed by atoms with Crippen LogP contribution in [0.1, 0.15) is 10.4 Å². The van der Waals surface area contributed by atoms with Crippen molar-refractivity contribution in [2.45, 2.75) is 0 Å². The van der Waals surface area contributed by atoms with E-state index in [-0.39, 0.29) is 5.75 Å². The Kier molecular flexibility index (Phi) is 3.89. The van der Waals surface area contributed by atoms with Gasteiger partial charge in [0.15, 0.2) is 11.6 Å². The zero-order valence-electron chi connectivity index (χ0n) is 13.7. The van der Waals surface area contributed by atoms with Crippen LogP contribution in [0.4, 0.5) is 4.39 Å². The molecule has 1 heterocycles. The van der Waals surface area contributed by atoms with E-state index < -0.39 is 11.7 Å². The number of fused-ring (bicyclic) bond motifs is 1. The number of carbonyl (C=O) groups excluding carboxylic acids is 1. The summed E-state index contributed by atoms with van der Waals surface area (Å²) in [5.74, 6) is -0.919. The van der Waals surface area contributed by atoms with Gasteiger partial charge in [0.25, 0.3) is 0 Å². The number of carbonyl (C=O) groups is 1. The average molecular weight is 346 g/mol. The molecule has 0 bridgehead atoms. The first kappa shape index (κ1) is 15.9. The number of aromatic nitrogens is 1. The molecule has 3 aromatic carbocycles. The summed E-state index contributed by atoms with van der Waals surface area (Å²) in [7, 11) is 0. The molecule has 4 nitrogen and oxygen atoms in total. The number of para-hydroxylation sites is 1. The predicted molar refractivity (Wildman–Crippen MR) is 98.3 cm³/mol. The average Bonchev–Trinajstić information content (AvgIpc) is 3.02. The SMILES string of the molecule is NC(=O)c1ccc2cc(-c3ccccc3)n(Oc3ccccc3F)c2c1. The maximum Gasteiger partial charge on any atom is 0.248 e. The van der Waals surface area contributed by atoms with Gasteiger partial charge in [0.1, 0.15) is 0 Å². The summed E-state index contributed by atoms with van der Waals surface area (Å²) >= 11 is 0. The van der Waals surface area contributed by atoms with Crippen molar-refractivity contribution in [2.24, 2.45) is 5.73 Å². The smallest absolute Gasteiger partial charge is 0.248 e. The van der Waals surface area contributed by atoms with E-state index >= 15 is 0 Å². The van der Waals surface area contributed by atoms with Gasteiger partial charge in [0, 0.05) is 16.5 Å². The third-order valence-corrected chi connectivity index (χ3v) is 4.14. The maximum atomic E-state index is 14.1. The third-order valence-electron chi connectivity index (χ3n) is 4.14. The Labute approximate surface area is 149 Å². The highest BCUT2D eigenvalue weighted by Crippen LogP contribution is 2.30. The second kappa shape index (κ2) is 6.37. The fourth-order valence-electron chi connectivity index (χ4n) is 2.86. The number of halogens is 1. The standard InChI is InChI=1S/C21H15FN2O2/c22-17-8-4-5-9-20(17)26-24-18(14-6-2-1-3-7-14)12-15-10-11-16(21(23)25)13-19(15)24/h1-13H,(H2,23,25). The van der Waals surface area contributed by atoms with Crippen LogP contribution in [0.3, 0.4) is 0 Å². The van der Waals surface area contributed by atoms with Crippen molar-refractivity contribution in [1.82, 2.24) is 4.73 Å². The Morgan fingerprint density at radius 3 is 2.38 bits per heavy atom. The summed E-state index contributed by atoms with van der Waals surface area (Å²) in [5.41, 5.74) is 8.03. The van der Waals surface area contributed by atoms with Crippen molar-refractivity contribution < 1.29 is 14.0 Å². The summed E-state index contributed by atoms with van der Waals surface area (Å²) in [4.78, 5) is 17.4. The first-order valence-electron chi connectivity index (χ1n) is 8.07. The lowest BCUT2D eigenvalue weighted by atomic mass is 10.1. The van der Waals surface area contributed by atoms with Crippen LogP contribution in [0.2, 0.25) is 0 Å². The Bertz CT molecular complexity index is 1100. The van der Waals surface area contributed by atoms with E-state index in [9.17, 15) is 9.18 Å². The molecule has 5 heteroatoms. The van der Waals surface area contributed by atoms with Gasteiger partial charge in [-0.2, -0.15) is 4.73 Å². The number of hydrogen-bond donors (Lipinski definition) is 1. The highest BCUT2D eigenvalue weighted by molar-refractivity contribution is 5.98. The highest BCUT2D eigenvalue weighted by Gasteiger charge is 2.15. The van der Waals surface area contributed by atoms with Crippen molar-refractivity contribution in [3.63, 3.8) is 0 Å². The number of primary amides is 1. The van der Waals surface area contributed by atoms with Gasteiger partial charge in [-0.1, -0.05) is 48.5 Å². The Hall–Kier alpha value is -3.60. The predicted octanol–water partition coefficient (Wildman–Crippen LogP) is 4.39. The number of hydrogen-bond acceptors (Lipinski definition) is 2. The molecule has 4 rings (SSSR count). The van der Waals surface area contributed by atoms with Crippen LogP contribution in [0.5, 0.6) is 5.75 Å². The van der Waals surface area contributed by atoms with Crippen molar-refractivity contribution in [1.29, 1.82) is 0 Å². The van der Waals surface area contributed by atoms with Crippen LogP contribution >= 0.6 is 0 Å². The summed E-state index contributed by atoms with van der Waals surface area (Å²) in [5, 5.41) is 0.852.